The molecule has 7 nitrogen and oxygen atoms in total. The van der Waals surface area contributed by atoms with E-state index in [1.165, 1.54) is 25.7 Å². The summed E-state index contributed by atoms with van der Waals surface area (Å²) >= 11 is 0. The van der Waals surface area contributed by atoms with Gasteiger partial charge in [-0.2, -0.15) is 4.98 Å². The molecule has 0 spiro atoms. The Morgan fingerprint density at radius 1 is 1.18 bits per heavy atom. The maximum Gasteiger partial charge on any atom is 0.228 e. The highest BCUT2D eigenvalue weighted by Crippen LogP contribution is 2.32. The summed E-state index contributed by atoms with van der Waals surface area (Å²) in [5, 5.41) is 7.27. The van der Waals surface area contributed by atoms with Crippen LogP contribution in [0.25, 0.3) is 0 Å². The van der Waals surface area contributed by atoms with Gasteiger partial charge >= 0.3 is 0 Å². The molecule has 1 aliphatic carbocycles. The van der Waals surface area contributed by atoms with E-state index in [1.807, 2.05) is 14.0 Å². The molecule has 1 saturated heterocycles. The molecule has 3 rings (SSSR count). The van der Waals surface area contributed by atoms with Crippen molar-refractivity contribution in [3.8, 4) is 0 Å². The van der Waals surface area contributed by atoms with Crippen molar-refractivity contribution in [1.29, 1.82) is 0 Å². The highest BCUT2D eigenvalue weighted by atomic mass is 127. The third-order valence-corrected chi connectivity index (χ3v) is 6.22. The molecule has 0 atom stereocenters. The Morgan fingerprint density at radius 3 is 2.39 bits per heavy atom. The average Bonchev–Trinajstić information content (AvgIpc) is 3.11. The maximum absolute atomic E-state index is 5.17. The normalized spacial score (nSPS) is 24.3. The number of hydrogen-bond donors (Lipinski definition) is 1. The molecule has 0 amide bonds. The third kappa shape index (κ3) is 6.30. The number of rotatable bonds is 5. The fourth-order valence-corrected chi connectivity index (χ4v) is 4.49. The van der Waals surface area contributed by atoms with Crippen molar-refractivity contribution in [3.63, 3.8) is 0 Å². The minimum Gasteiger partial charge on any atom is -0.356 e. The van der Waals surface area contributed by atoms with Crippen molar-refractivity contribution in [2.45, 2.75) is 58.9 Å². The van der Waals surface area contributed by atoms with E-state index in [0.29, 0.717) is 11.7 Å². The lowest BCUT2D eigenvalue weighted by molar-refractivity contribution is 0.0864. The molecule has 1 aromatic heterocycles. The second-order valence-electron chi connectivity index (χ2n) is 8.29. The van der Waals surface area contributed by atoms with Crippen LogP contribution in [0.4, 0.5) is 0 Å². The molecule has 1 aliphatic heterocycles. The van der Waals surface area contributed by atoms with Crippen molar-refractivity contribution in [2.75, 3.05) is 39.8 Å². The highest BCUT2D eigenvalue weighted by molar-refractivity contribution is 14.0. The minimum atomic E-state index is 0. The molecule has 28 heavy (non-hydrogen) atoms. The van der Waals surface area contributed by atoms with Crippen LogP contribution in [-0.2, 0) is 6.42 Å². The molecule has 0 bridgehead atoms. The van der Waals surface area contributed by atoms with Crippen LogP contribution in [0, 0.1) is 18.8 Å². The summed E-state index contributed by atoms with van der Waals surface area (Å²) in [5.74, 6) is 4.13. The SMILES string of the molecule is CN=C(NCCc1nc(C)no1)N1CCN(C2CCC(C(C)C)CC2)CC1.I. The Labute approximate surface area is 186 Å². The van der Waals surface area contributed by atoms with Crippen molar-refractivity contribution < 1.29 is 4.52 Å². The highest BCUT2D eigenvalue weighted by Gasteiger charge is 2.29. The Kier molecular flexibility index (Phi) is 9.46. The molecule has 1 saturated carbocycles. The Balaban J connectivity index is 0.00000280. The first-order chi connectivity index (χ1) is 13.1. The number of nitrogens with zero attached hydrogens (tertiary/aromatic N) is 5. The van der Waals surface area contributed by atoms with E-state index in [1.54, 1.807) is 0 Å². The van der Waals surface area contributed by atoms with Gasteiger partial charge in [0.05, 0.1) is 0 Å². The van der Waals surface area contributed by atoms with Gasteiger partial charge in [0.1, 0.15) is 0 Å². The molecule has 8 heteroatoms. The van der Waals surface area contributed by atoms with Gasteiger partial charge in [-0.15, -0.1) is 24.0 Å². The van der Waals surface area contributed by atoms with Crippen molar-refractivity contribution >= 4 is 29.9 Å². The molecule has 160 valence electrons. The Hall–Kier alpha value is -0.900. The van der Waals surface area contributed by atoms with Gasteiger partial charge in [0.2, 0.25) is 5.89 Å². The van der Waals surface area contributed by atoms with Crippen LogP contribution < -0.4 is 5.32 Å². The number of aryl methyl sites for hydroxylation is 1. The van der Waals surface area contributed by atoms with Gasteiger partial charge in [0, 0.05) is 52.2 Å². The summed E-state index contributed by atoms with van der Waals surface area (Å²) in [6.45, 7) is 11.7. The van der Waals surface area contributed by atoms with Crippen LogP contribution in [0.3, 0.4) is 0 Å². The van der Waals surface area contributed by atoms with Crippen LogP contribution in [-0.4, -0.2) is 71.7 Å². The van der Waals surface area contributed by atoms with E-state index in [-0.39, 0.29) is 24.0 Å². The number of nitrogens with one attached hydrogen (secondary N) is 1. The van der Waals surface area contributed by atoms with Gasteiger partial charge < -0.3 is 14.7 Å². The van der Waals surface area contributed by atoms with E-state index in [0.717, 1.165) is 63.0 Å². The van der Waals surface area contributed by atoms with Gasteiger partial charge in [-0.3, -0.25) is 9.89 Å². The third-order valence-electron chi connectivity index (χ3n) is 6.22. The van der Waals surface area contributed by atoms with Gasteiger partial charge in [0.15, 0.2) is 11.8 Å². The zero-order valence-corrected chi connectivity index (χ0v) is 20.2. The number of halogens is 1. The molecule has 2 fully saturated rings. The van der Waals surface area contributed by atoms with E-state index in [2.05, 4.69) is 44.1 Å². The van der Waals surface area contributed by atoms with Gasteiger partial charge in [-0.1, -0.05) is 19.0 Å². The van der Waals surface area contributed by atoms with Crippen molar-refractivity contribution in [3.05, 3.63) is 11.7 Å². The standard InChI is InChI=1S/C20H36N6O.HI/c1-15(2)17-5-7-18(8-6-17)25-11-13-26(14-12-25)20(21-4)22-10-9-19-23-16(3)24-27-19;/h15,17-18H,5-14H2,1-4H3,(H,21,22);1H. The monoisotopic (exact) mass is 504 g/mol. The predicted octanol–water partition coefficient (Wildman–Crippen LogP) is 2.95. The summed E-state index contributed by atoms with van der Waals surface area (Å²) in [6, 6.07) is 0.790. The number of aromatic nitrogens is 2. The second kappa shape index (κ2) is 11.3. The lowest BCUT2D eigenvalue weighted by Crippen LogP contribution is -2.55. The quantitative estimate of drug-likeness (QED) is 0.378. The van der Waals surface area contributed by atoms with Crippen LogP contribution in [0.15, 0.2) is 9.52 Å². The van der Waals surface area contributed by atoms with Crippen molar-refractivity contribution in [2.24, 2.45) is 16.8 Å². The summed E-state index contributed by atoms with van der Waals surface area (Å²) in [4.78, 5) is 13.8. The smallest absolute Gasteiger partial charge is 0.228 e. The average molecular weight is 504 g/mol. The Morgan fingerprint density at radius 2 is 1.86 bits per heavy atom. The molecule has 2 heterocycles. The molecular weight excluding hydrogens is 467 g/mol. The molecule has 1 aromatic rings. The van der Waals surface area contributed by atoms with Crippen LogP contribution >= 0.6 is 24.0 Å². The Bertz CT molecular complexity index is 604. The van der Waals surface area contributed by atoms with Crippen LogP contribution in [0.5, 0.6) is 0 Å². The first-order valence-corrected chi connectivity index (χ1v) is 10.6. The summed E-state index contributed by atoms with van der Waals surface area (Å²) in [5.41, 5.74) is 0. The first kappa shape index (κ1) is 23.4. The summed E-state index contributed by atoms with van der Waals surface area (Å²) in [6.07, 6.45) is 6.28. The van der Waals surface area contributed by atoms with E-state index >= 15 is 0 Å². The fourth-order valence-electron chi connectivity index (χ4n) is 4.49. The first-order valence-electron chi connectivity index (χ1n) is 10.6. The molecule has 0 unspecified atom stereocenters. The van der Waals surface area contributed by atoms with Crippen LogP contribution in [0.2, 0.25) is 0 Å². The summed E-state index contributed by atoms with van der Waals surface area (Å²) in [7, 11) is 1.86. The predicted molar refractivity (Wildman–Crippen MR) is 123 cm³/mol. The van der Waals surface area contributed by atoms with Gasteiger partial charge in [-0.05, 0) is 44.4 Å². The largest absolute Gasteiger partial charge is 0.356 e. The number of hydrogen-bond acceptors (Lipinski definition) is 5. The van der Waals surface area contributed by atoms with Gasteiger partial charge in [0.25, 0.3) is 0 Å². The van der Waals surface area contributed by atoms with E-state index in [4.69, 9.17) is 4.52 Å². The lowest BCUT2D eigenvalue weighted by Gasteiger charge is -2.43. The zero-order valence-electron chi connectivity index (χ0n) is 17.9. The molecule has 0 radical (unpaired) electrons. The van der Waals surface area contributed by atoms with E-state index in [9.17, 15) is 0 Å². The van der Waals surface area contributed by atoms with Crippen molar-refractivity contribution in [1.82, 2.24) is 25.3 Å². The molecule has 2 aliphatic rings. The lowest BCUT2D eigenvalue weighted by atomic mass is 9.79. The zero-order chi connectivity index (χ0) is 19.2. The second-order valence-corrected chi connectivity index (χ2v) is 8.29. The maximum atomic E-state index is 5.17. The van der Waals surface area contributed by atoms with Gasteiger partial charge in [-0.25, -0.2) is 0 Å². The minimum absolute atomic E-state index is 0. The molecule has 1 N–H and O–H groups in total. The topological polar surface area (TPSA) is 69.8 Å². The number of piperazine rings is 1. The molecular formula is C20H37IN6O. The number of aliphatic imine (C=N–C) groups is 1. The number of guanidine groups is 1. The molecule has 0 aromatic carbocycles. The van der Waals surface area contributed by atoms with Crippen LogP contribution in [0.1, 0.15) is 51.2 Å². The summed E-state index contributed by atoms with van der Waals surface area (Å²) < 4.78 is 5.17. The van der Waals surface area contributed by atoms with E-state index < -0.39 is 0 Å². The fraction of sp³-hybridized carbons (Fsp3) is 0.850.